The second-order valence-electron chi connectivity index (χ2n) is 3.38. The number of aliphatic hydroxyl groups excluding tert-OH is 1. The van der Waals surface area contributed by atoms with Gasteiger partial charge in [0.2, 0.25) is 0 Å². The number of carbonyl (C=O) groups is 1. The van der Waals surface area contributed by atoms with Gasteiger partial charge >= 0.3 is 11.9 Å². The first-order chi connectivity index (χ1) is 6.25. The summed E-state index contributed by atoms with van der Waals surface area (Å²) in [5.41, 5.74) is 0. The number of carboxylic acids is 1. The van der Waals surface area contributed by atoms with Crippen LogP contribution in [0.2, 0.25) is 0 Å². The van der Waals surface area contributed by atoms with Crippen molar-refractivity contribution in [2.24, 2.45) is 0 Å². The third-order valence-corrected chi connectivity index (χ3v) is 1.68. The fourth-order valence-corrected chi connectivity index (χ4v) is 0.973. The molecular weight excluding hydrogens is 196 g/mol. The summed E-state index contributed by atoms with van der Waals surface area (Å²) in [5.74, 6) is -5.90. The highest BCUT2D eigenvalue weighted by Crippen LogP contribution is 2.12. The van der Waals surface area contributed by atoms with Crippen molar-refractivity contribution in [1.29, 1.82) is 0 Å². The summed E-state index contributed by atoms with van der Waals surface area (Å²) in [6.45, 7) is 2.22. The molecule has 0 rings (SSSR count). The lowest BCUT2D eigenvalue weighted by molar-refractivity contribution is -0.164. The minimum Gasteiger partial charge on any atom is -0.477 e. The third kappa shape index (κ3) is 5.08. The van der Waals surface area contributed by atoms with Gasteiger partial charge in [0, 0.05) is 6.04 Å². The van der Waals surface area contributed by atoms with Crippen molar-refractivity contribution in [2.75, 3.05) is 6.54 Å². The molecule has 6 heteroatoms. The quantitative estimate of drug-likeness (QED) is 0.596. The second kappa shape index (κ2) is 5.21. The number of aliphatic carboxylic acids is 1. The lowest BCUT2D eigenvalue weighted by Gasteiger charge is -2.18. The summed E-state index contributed by atoms with van der Waals surface area (Å²) in [4.78, 5) is 10.0. The van der Waals surface area contributed by atoms with Crippen molar-refractivity contribution >= 4 is 5.97 Å². The summed E-state index contributed by atoms with van der Waals surface area (Å²) in [6, 6.07) is -0.347. The van der Waals surface area contributed by atoms with Crippen molar-refractivity contribution in [3.8, 4) is 0 Å². The fraction of sp³-hybridized carbons (Fsp3) is 0.875. The van der Waals surface area contributed by atoms with Crippen molar-refractivity contribution in [3.05, 3.63) is 0 Å². The van der Waals surface area contributed by atoms with Gasteiger partial charge in [-0.3, -0.25) is 0 Å². The van der Waals surface area contributed by atoms with E-state index in [2.05, 4.69) is 5.32 Å². The molecule has 84 valence electrons. The summed E-state index contributed by atoms with van der Waals surface area (Å²) >= 11 is 0. The van der Waals surface area contributed by atoms with E-state index in [9.17, 15) is 13.6 Å². The molecule has 0 fully saturated rings. The van der Waals surface area contributed by atoms with Gasteiger partial charge in [-0.15, -0.1) is 0 Å². The molecular formula is C8H15F2NO3. The minimum absolute atomic E-state index is 0.301. The Balaban J connectivity index is 3.87. The largest absolute Gasteiger partial charge is 0.477 e. The van der Waals surface area contributed by atoms with Crippen LogP contribution in [0.25, 0.3) is 0 Å². The molecule has 0 aliphatic rings. The van der Waals surface area contributed by atoms with Gasteiger partial charge in [0.05, 0.1) is 12.6 Å². The van der Waals surface area contributed by atoms with E-state index >= 15 is 0 Å². The molecule has 0 spiro atoms. The number of aliphatic hydroxyl groups is 1. The number of hydrogen-bond acceptors (Lipinski definition) is 3. The molecule has 0 heterocycles. The van der Waals surface area contributed by atoms with E-state index < -0.39 is 24.5 Å². The van der Waals surface area contributed by atoms with Crippen LogP contribution < -0.4 is 5.32 Å². The van der Waals surface area contributed by atoms with E-state index in [1.165, 1.54) is 6.92 Å². The SMILES string of the molecule is CC(O)CC(C)NCC(F)(F)C(=O)O. The molecule has 0 radical (unpaired) electrons. The highest BCUT2D eigenvalue weighted by atomic mass is 19.3. The maximum absolute atomic E-state index is 12.5. The molecule has 0 saturated heterocycles. The molecule has 0 aromatic heterocycles. The van der Waals surface area contributed by atoms with Crippen molar-refractivity contribution in [2.45, 2.75) is 38.3 Å². The van der Waals surface area contributed by atoms with Gasteiger partial charge in [-0.1, -0.05) is 0 Å². The van der Waals surface area contributed by atoms with E-state index in [-0.39, 0.29) is 6.04 Å². The minimum atomic E-state index is -3.76. The van der Waals surface area contributed by atoms with Gasteiger partial charge in [-0.2, -0.15) is 8.78 Å². The van der Waals surface area contributed by atoms with E-state index in [0.29, 0.717) is 6.42 Å². The summed E-state index contributed by atoms with van der Waals surface area (Å²) in [5, 5.41) is 19.4. The Labute approximate surface area is 80.9 Å². The Kier molecular flexibility index (Phi) is 4.93. The lowest BCUT2D eigenvalue weighted by Crippen LogP contribution is -2.43. The van der Waals surface area contributed by atoms with Crippen LogP contribution in [0.5, 0.6) is 0 Å². The number of halogens is 2. The van der Waals surface area contributed by atoms with Crippen LogP contribution in [-0.4, -0.2) is 40.8 Å². The van der Waals surface area contributed by atoms with Crippen LogP contribution in [0.1, 0.15) is 20.3 Å². The smallest absolute Gasteiger partial charge is 0.375 e. The van der Waals surface area contributed by atoms with Gasteiger partial charge in [0.1, 0.15) is 0 Å². The summed E-state index contributed by atoms with van der Waals surface area (Å²) in [7, 11) is 0. The predicted octanol–water partition coefficient (Wildman–Crippen LogP) is 0.455. The number of nitrogens with one attached hydrogen (secondary N) is 1. The standard InChI is InChI=1S/C8H15F2NO3/c1-5(3-6(2)12)11-4-8(9,10)7(13)14/h5-6,11-12H,3-4H2,1-2H3,(H,13,14). The molecule has 2 atom stereocenters. The Bertz CT molecular complexity index is 197. The Morgan fingerprint density at radius 3 is 2.36 bits per heavy atom. The highest BCUT2D eigenvalue weighted by molar-refractivity contribution is 5.75. The van der Waals surface area contributed by atoms with Gasteiger partial charge in [-0.25, -0.2) is 4.79 Å². The molecule has 14 heavy (non-hydrogen) atoms. The first kappa shape index (κ1) is 13.2. The van der Waals surface area contributed by atoms with E-state index in [4.69, 9.17) is 10.2 Å². The Hall–Kier alpha value is -0.750. The van der Waals surface area contributed by atoms with Gasteiger partial charge in [0.25, 0.3) is 0 Å². The fourth-order valence-electron chi connectivity index (χ4n) is 0.973. The van der Waals surface area contributed by atoms with Gasteiger partial charge < -0.3 is 15.5 Å². The zero-order valence-corrected chi connectivity index (χ0v) is 8.13. The predicted molar refractivity (Wildman–Crippen MR) is 46.3 cm³/mol. The first-order valence-electron chi connectivity index (χ1n) is 4.28. The summed E-state index contributed by atoms with van der Waals surface area (Å²) < 4.78 is 25.0. The maximum atomic E-state index is 12.5. The number of hydrogen-bond donors (Lipinski definition) is 3. The molecule has 0 aliphatic carbocycles. The van der Waals surface area contributed by atoms with Crippen LogP contribution >= 0.6 is 0 Å². The maximum Gasteiger partial charge on any atom is 0.375 e. The molecule has 0 saturated carbocycles. The molecule has 2 unspecified atom stereocenters. The number of alkyl halides is 2. The Morgan fingerprint density at radius 1 is 1.50 bits per heavy atom. The Morgan fingerprint density at radius 2 is 2.00 bits per heavy atom. The zero-order valence-electron chi connectivity index (χ0n) is 8.13. The van der Waals surface area contributed by atoms with Crippen LogP contribution in [-0.2, 0) is 4.79 Å². The average Bonchev–Trinajstić information content (AvgIpc) is 1.99. The molecule has 0 bridgehead atoms. The zero-order chi connectivity index (χ0) is 11.4. The van der Waals surface area contributed by atoms with E-state index in [0.717, 1.165) is 0 Å². The normalized spacial score (nSPS) is 16.4. The van der Waals surface area contributed by atoms with Gasteiger partial charge in [-0.05, 0) is 20.3 Å². The summed E-state index contributed by atoms with van der Waals surface area (Å²) in [6.07, 6.45) is -0.300. The average molecular weight is 211 g/mol. The van der Waals surface area contributed by atoms with Crippen LogP contribution in [0, 0.1) is 0 Å². The van der Waals surface area contributed by atoms with Crippen LogP contribution in [0.15, 0.2) is 0 Å². The number of carboxylic acid groups (broad SMARTS) is 1. The van der Waals surface area contributed by atoms with Crippen molar-refractivity contribution in [1.82, 2.24) is 5.32 Å². The molecule has 4 nitrogen and oxygen atoms in total. The molecule has 0 aliphatic heterocycles. The van der Waals surface area contributed by atoms with Crippen molar-refractivity contribution < 1.29 is 23.8 Å². The number of rotatable bonds is 6. The lowest BCUT2D eigenvalue weighted by atomic mass is 10.1. The van der Waals surface area contributed by atoms with Gasteiger partial charge in [0.15, 0.2) is 0 Å². The highest BCUT2D eigenvalue weighted by Gasteiger charge is 2.38. The molecule has 0 aromatic carbocycles. The van der Waals surface area contributed by atoms with E-state index in [1.807, 2.05) is 0 Å². The topological polar surface area (TPSA) is 69.6 Å². The monoisotopic (exact) mass is 211 g/mol. The van der Waals surface area contributed by atoms with Crippen LogP contribution in [0.3, 0.4) is 0 Å². The molecule has 0 aromatic rings. The second-order valence-corrected chi connectivity index (χ2v) is 3.38. The molecule has 0 amide bonds. The first-order valence-corrected chi connectivity index (χ1v) is 4.28. The van der Waals surface area contributed by atoms with Crippen molar-refractivity contribution in [3.63, 3.8) is 0 Å². The third-order valence-electron chi connectivity index (χ3n) is 1.68. The van der Waals surface area contributed by atoms with Crippen LogP contribution in [0.4, 0.5) is 8.78 Å². The van der Waals surface area contributed by atoms with E-state index in [1.54, 1.807) is 6.92 Å². The molecule has 3 N–H and O–H groups in total.